The van der Waals surface area contributed by atoms with Crippen molar-refractivity contribution >= 4 is 18.3 Å². The highest BCUT2D eigenvalue weighted by Crippen LogP contribution is 2.23. The van der Waals surface area contributed by atoms with Gasteiger partial charge in [0.1, 0.15) is 0 Å². The molecule has 1 aromatic rings. The van der Waals surface area contributed by atoms with Gasteiger partial charge in [0.25, 0.3) is 0 Å². The summed E-state index contributed by atoms with van der Waals surface area (Å²) in [6.45, 7) is 1.06. The molecule has 0 bridgehead atoms. The summed E-state index contributed by atoms with van der Waals surface area (Å²) in [4.78, 5) is 1.01. The van der Waals surface area contributed by atoms with Crippen molar-refractivity contribution in [3.05, 3.63) is 24.3 Å². The molecule has 88 valence electrons. The lowest BCUT2D eigenvalue weighted by Gasteiger charge is -2.26. The lowest BCUT2D eigenvalue weighted by molar-refractivity contribution is 0.339. The largest absolute Gasteiger partial charge is 0.385 e. The van der Waals surface area contributed by atoms with E-state index in [9.17, 15) is 0 Å². The van der Waals surface area contributed by atoms with Crippen molar-refractivity contribution in [2.24, 2.45) is 11.7 Å². The number of thiol groups is 1. The Bertz CT molecular complexity index is 332. The van der Waals surface area contributed by atoms with Gasteiger partial charge in [-0.25, -0.2) is 0 Å². The molecule has 1 fully saturated rings. The molecule has 0 spiro atoms. The summed E-state index contributed by atoms with van der Waals surface area (Å²) in [6, 6.07) is 8.62. The first-order valence-corrected chi connectivity index (χ1v) is 6.47. The number of nitrogens with one attached hydrogen (secondary N) is 1. The van der Waals surface area contributed by atoms with E-state index < -0.39 is 0 Å². The molecule has 2 rings (SSSR count). The molecule has 2 nitrogen and oxygen atoms in total. The standard InChI is InChI=1S/C13H20N2S/c14-11-6-4-10(5-7-11)9-15-12-2-1-3-13(16)8-12/h1-3,8,10-11,15-16H,4-7,9,14H2. The Labute approximate surface area is 103 Å². The highest BCUT2D eigenvalue weighted by molar-refractivity contribution is 7.80. The van der Waals surface area contributed by atoms with Gasteiger partial charge in [0, 0.05) is 23.2 Å². The van der Waals surface area contributed by atoms with Crippen molar-refractivity contribution < 1.29 is 0 Å². The maximum atomic E-state index is 5.89. The Hall–Kier alpha value is -0.670. The molecule has 1 aliphatic rings. The highest BCUT2D eigenvalue weighted by Gasteiger charge is 2.17. The van der Waals surface area contributed by atoms with Crippen LogP contribution in [-0.2, 0) is 0 Å². The summed E-state index contributed by atoms with van der Waals surface area (Å²) in [5, 5.41) is 3.48. The third kappa shape index (κ3) is 3.42. The summed E-state index contributed by atoms with van der Waals surface area (Å²) >= 11 is 4.33. The predicted octanol–water partition coefficient (Wildman–Crippen LogP) is 2.90. The van der Waals surface area contributed by atoms with Crippen molar-refractivity contribution in [2.75, 3.05) is 11.9 Å². The van der Waals surface area contributed by atoms with Crippen LogP contribution in [0, 0.1) is 5.92 Å². The van der Waals surface area contributed by atoms with Gasteiger partial charge in [-0.05, 0) is 49.8 Å². The zero-order chi connectivity index (χ0) is 11.4. The zero-order valence-corrected chi connectivity index (χ0v) is 10.4. The Kier molecular flexibility index (Phi) is 4.13. The van der Waals surface area contributed by atoms with Gasteiger partial charge in [0.15, 0.2) is 0 Å². The van der Waals surface area contributed by atoms with Gasteiger partial charge in [0.05, 0.1) is 0 Å². The lowest BCUT2D eigenvalue weighted by Crippen LogP contribution is -2.29. The minimum atomic E-state index is 0.442. The van der Waals surface area contributed by atoms with Gasteiger partial charge in [0.2, 0.25) is 0 Å². The van der Waals surface area contributed by atoms with Crippen LogP contribution in [0.2, 0.25) is 0 Å². The van der Waals surface area contributed by atoms with Crippen LogP contribution in [0.5, 0.6) is 0 Å². The van der Waals surface area contributed by atoms with Crippen LogP contribution >= 0.6 is 12.6 Å². The second-order valence-electron chi connectivity index (χ2n) is 4.71. The van der Waals surface area contributed by atoms with Crippen LogP contribution in [-0.4, -0.2) is 12.6 Å². The second-order valence-corrected chi connectivity index (χ2v) is 5.23. The first-order chi connectivity index (χ1) is 7.74. The second kappa shape index (κ2) is 5.60. The van der Waals surface area contributed by atoms with Crippen LogP contribution in [0.3, 0.4) is 0 Å². The summed E-state index contributed by atoms with van der Waals surface area (Å²) in [6.07, 6.45) is 4.88. The number of nitrogens with two attached hydrogens (primary N) is 1. The Balaban J connectivity index is 1.79. The topological polar surface area (TPSA) is 38.0 Å². The summed E-state index contributed by atoms with van der Waals surface area (Å²) < 4.78 is 0. The Morgan fingerprint density at radius 3 is 2.69 bits per heavy atom. The lowest BCUT2D eigenvalue weighted by atomic mass is 9.86. The fourth-order valence-corrected chi connectivity index (χ4v) is 2.50. The van der Waals surface area contributed by atoms with Crippen LogP contribution in [0.15, 0.2) is 29.2 Å². The van der Waals surface area contributed by atoms with Crippen LogP contribution in [0.4, 0.5) is 5.69 Å². The van der Waals surface area contributed by atoms with E-state index >= 15 is 0 Å². The Morgan fingerprint density at radius 1 is 1.25 bits per heavy atom. The minimum absolute atomic E-state index is 0.442. The molecule has 1 aromatic carbocycles. The minimum Gasteiger partial charge on any atom is -0.385 e. The van der Waals surface area contributed by atoms with Crippen molar-refractivity contribution in [1.29, 1.82) is 0 Å². The fraction of sp³-hybridized carbons (Fsp3) is 0.538. The van der Waals surface area contributed by atoms with E-state index in [0.717, 1.165) is 17.4 Å². The number of anilines is 1. The molecule has 16 heavy (non-hydrogen) atoms. The van der Waals surface area contributed by atoms with E-state index in [0.29, 0.717) is 6.04 Å². The van der Waals surface area contributed by atoms with Crippen LogP contribution in [0.25, 0.3) is 0 Å². The van der Waals surface area contributed by atoms with Crippen LogP contribution in [0.1, 0.15) is 25.7 Å². The molecule has 0 atom stereocenters. The third-order valence-corrected chi connectivity index (χ3v) is 3.61. The molecule has 0 radical (unpaired) electrons. The van der Waals surface area contributed by atoms with Gasteiger partial charge < -0.3 is 11.1 Å². The maximum Gasteiger partial charge on any atom is 0.0351 e. The fourth-order valence-electron chi connectivity index (χ4n) is 2.27. The van der Waals surface area contributed by atoms with E-state index in [-0.39, 0.29) is 0 Å². The van der Waals surface area contributed by atoms with E-state index in [1.165, 1.54) is 31.4 Å². The molecular weight excluding hydrogens is 216 g/mol. The van der Waals surface area contributed by atoms with E-state index in [4.69, 9.17) is 5.73 Å². The Morgan fingerprint density at radius 2 is 2.00 bits per heavy atom. The van der Waals surface area contributed by atoms with Gasteiger partial charge >= 0.3 is 0 Å². The molecule has 0 heterocycles. The number of hydrogen-bond acceptors (Lipinski definition) is 3. The molecule has 0 saturated heterocycles. The maximum absolute atomic E-state index is 5.89. The molecule has 3 N–H and O–H groups in total. The third-order valence-electron chi connectivity index (χ3n) is 3.33. The normalized spacial score (nSPS) is 25.4. The number of hydrogen-bond donors (Lipinski definition) is 3. The number of rotatable bonds is 3. The van der Waals surface area contributed by atoms with Crippen molar-refractivity contribution in [2.45, 2.75) is 36.6 Å². The average molecular weight is 236 g/mol. The first-order valence-electron chi connectivity index (χ1n) is 6.02. The molecule has 3 heteroatoms. The molecule has 0 amide bonds. The predicted molar refractivity (Wildman–Crippen MR) is 72.1 cm³/mol. The smallest absolute Gasteiger partial charge is 0.0351 e. The number of benzene rings is 1. The molecule has 0 aliphatic heterocycles. The summed E-state index contributed by atoms with van der Waals surface area (Å²) in [7, 11) is 0. The van der Waals surface area contributed by atoms with Gasteiger partial charge in [-0.2, -0.15) is 0 Å². The molecule has 0 aromatic heterocycles. The molecule has 0 unspecified atom stereocenters. The monoisotopic (exact) mass is 236 g/mol. The van der Waals surface area contributed by atoms with Crippen molar-refractivity contribution in [1.82, 2.24) is 0 Å². The van der Waals surface area contributed by atoms with Gasteiger partial charge in [-0.3, -0.25) is 0 Å². The zero-order valence-electron chi connectivity index (χ0n) is 9.52. The summed E-state index contributed by atoms with van der Waals surface area (Å²) in [5.41, 5.74) is 7.06. The van der Waals surface area contributed by atoms with Crippen LogP contribution < -0.4 is 11.1 Å². The molecule has 1 aliphatic carbocycles. The highest BCUT2D eigenvalue weighted by atomic mass is 32.1. The van der Waals surface area contributed by atoms with Crippen molar-refractivity contribution in [3.8, 4) is 0 Å². The van der Waals surface area contributed by atoms with Gasteiger partial charge in [-0.15, -0.1) is 12.6 Å². The van der Waals surface area contributed by atoms with E-state index in [2.05, 4.69) is 30.1 Å². The van der Waals surface area contributed by atoms with Crippen molar-refractivity contribution in [3.63, 3.8) is 0 Å². The van der Waals surface area contributed by atoms with E-state index in [1.54, 1.807) is 0 Å². The first kappa shape index (κ1) is 11.8. The van der Waals surface area contributed by atoms with Gasteiger partial charge in [-0.1, -0.05) is 6.07 Å². The van der Waals surface area contributed by atoms with E-state index in [1.807, 2.05) is 12.1 Å². The SMILES string of the molecule is NC1CCC(CNc2cccc(S)c2)CC1. The molecular formula is C13H20N2S. The molecule has 1 saturated carbocycles. The summed E-state index contributed by atoms with van der Waals surface area (Å²) in [5.74, 6) is 0.781. The average Bonchev–Trinajstić information content (AvgIpc) is 2.28. The quantitative estimate of drug-likeness (QED) is 0.706.